The van der Waals surface area contributed by atoms with Gasteiger partial charge in [-0.1, -0.05) is 17.7 Å². The summed E-state index contributed by atoms with van der Waals surface area (Å²) < 4.78 is 28.6. The first kappa shape index (κ1) is 15.2. The van der Waals surface area contributed by atoms with Gasteiger partial charge in [-0.25, -0.2) is 13.6 Å². The zero-order chi connectivity index (χ0) is 16.6. The smallest absolute Gasteiger partial charge is 0.270 e. The summed E-state index contributed by atoms with van der Waals surface area (Å²) in [5.74, 6) is -0.579. The molecular formula is C15H13N3O4S. The number of hydrogen-bond donors (Lipinski definition) is 1. The van der Waals surface area contributed by atoms with Crippen molar-refractivity contribution in [2.75, 3.05) is 0 Å². The fourth-order valence-corrected chi connectivity index (χ4v) is 2.67. The Morgan fingerprint density at radius 1 is 1.09 bits per heavy atom. The number of hydrogen-bond acceptors (Lipinski definition) is 5. The molecule has 1 aromatic heterocycles. The first-order valence-electron chi connectivity index (χ1n) is 6.65. The highest BCUT2D eigenvalue weighted by Crippen LogP contribution is 2.24. The fourth-order valence-electron chi connectivity index (χ4n) is 2.15. The van der Waals surface area contributed by atoms with E-state index in [9.17, 15) is 13.5 Å². The number of benzene rings is 2. The van der Waals surface area contributed by atoms with Gasteiger partial charge in [0.1, 0.15) is 0 Å². The largest absolute Gasteiger partial charge is 0.539 e. The molecule has 2 aromatic carbocycles. The summed E-state index contributed by atoms with van der Waals surface area (Å²) in [7, 11) is -3.78. The molecule has 0 unspecified atom stereocenters. The van der Waals surface area contributed by atoms with Crippen molar-refractivity contribution in [2.24, 2.45) is 5.14 Å². The van der Waals surface area contributed by atoms with Gasteiger partial charge < -0.3 is 9.63 Å². The average Bonchev–Trinajstić information content (AvgIpc) is 2.89. The van der Waals surface area contributed by atoms with Crippen LogP contribution in [0.1, 0.15) is 5.56 Å². The van der Waals surface area contributed by atoms with Crippen molar-refractivity contribution in [3.63, 3.8) is 0 Å². The van der Waals surface area contributed by atoms with Gasteiger partial charge in [-0.3, -0.25) is 0 Å². The summed E-state index contributed by atoms with van der Waals surface area (Å²) >= 11 is 0. The van der Waals surface area contributed by atoms with E-state index in [1.807, 2.05) is 19.1 Å². The molecule has 0 bridgehead atoms. The van der Waals surface area contributed by atoms with Crippen LogP contribution in [0.4, 0.5) is 0 Å². The summed E-state index contributed by atoms with van der Waals surface area (Å²) in [6, 6.07) is 13.0. The van der Waals surface area contributed by atoms with Gasteiger partial charge in [0, 0.05) is 12.1 Å². The number of nitrogens with zero attached hydrogens (tertiary/aromatic N) is 2. The van der Waals surface area contributed by atoms with Gasteiger partial charge in [-0.2, -0.15) is 0 Å². The van der Waals surface area contributed by atoms with Crippen LogP contribution in [0.25, 0.3) is 16.9 Å². The second-order valence-electron chi connectivity index (χ2n) is 5.03. The quantitative estimate of drug-likeness (QED) is 0.708. The fraction of sp³-hybridized carbons (Fsp3) is 0.0667. The van der Waals surface area contributed by atoms with Gasteiger partial charge in [0.25, 0.3) is 5.69 Å². The average molecular weight is 331 g/mol. The molecule has 0 fully saturated rings. The number of primary sulfonamides is 1. The summed E-state index contributed by atoms with van der Waals surface area (Å²) in [6.07, 6.45) is 0. The van der Waals surface area contributed by atoms with Gasteiger partial charge in [0.15, 0.2) is 5.95 Å². The van der Waals surface area contributed by atoms with Crippen LogP contribution in [-0.4, -0.2) is 13.7 Å². The van der Waals surface area contributed by atoms with E-state index < -0.39 is 16.0 Å². The summed E-state index contributed by atoms with van der Waals surface area (Å²) in [4.78, 5) is -0.0235. The van der Waals surface area contributed by atoms with E-state index in [2.05, 4.69) is 5.27 Å². The second-order valence-corrected chi connectivity index (χ2v) is 6.59. The second kappa shape index (κ2) is 5.49. The molecule has 0 spiro atoms. The molecular weight excluding hydrogens is 318 g/mol. The van der Waals surface area contributed by atoms with E-state index in [0.29, 0.717) is 11.3 Å². The van der Waals surface area contributed by atoms with Crippen LogP contribution in [0.2, 0.25) is 0 Å². The van der Waals surface area contributed by atoms with Crippen molar-refractivity contribution in [1.82, 2.24) is 5.27 Å². The Morgan fingerprint density at radius 2 is 1.70 bits per heavy atom. The first-order chi connectivity index (χ1) is 10.9. The van der Waals surface area contributed by atoms with Crippen LogP contribution in [0.5, 0.6) is 5.95 Å². The van der Waals surface area contributed by atoms with Crippen molar-refractivity contribution < 1.29 is 22.7 Å². The molecule has 0 aliphatic heterocycles. The third-order valence-electron chi connectivity index (χ3n) is 3.35. The minimum Gasteiger partial charge on any atom is -0.539 e. The first-order valence-corrected chi connectivity index (χ1v) is 8.20. The van der Waals surface area contributed by atoms with Crippen LogP contribution in [0, 0.1) is 6.92 Å². The molecule has 0 aliphatic rings. The molecule has 118 valence electrons. The van der Waals surface area contributed by atoms with Gasteiger partial charge >= 0.3 is 0 Å². The lowest BCUT2D eigenvalue weighted by Gasteiger charge is -2.00. The van der Waals surface area contributed by atoms with Crippen LogP contribution in [0.15, 0.2) is 57.9 Å². The number of aryl methyl sites for hydroxylation is 1. The van der Waals surface area contributed by atoms with Crippen molar-refractivity contribution in [1.29, 1.82) is 0 Å². The third kappa shape index (κ3) is 2.94. The molecule has 23 heavy (non-hydrogen) atoms. The normalized spacial score (nSPS) is 11.6. The molecule has 2 N–H and O–H groups in total. The minimum absolute atomic E-state index is 0.0235. The van der Waals surface area contributed by atoms with Crippen molar-refractivity contribution in [3.05, 3.63) is 54.1 Å². The van der Waals surface area contributed by atoms with Gasteiger partial charge in [0.2, 0.25) is 15.7 Å². The predicted octanol–water partition coefficient (Wildman–Crippen LogP) is 0.648. The molecule has 1 heterocycles. The monoisotopic (exact) mass is 331 g/mol. The van der Waals surface area contributed by atoms with Crippen molar-refractivity contribution in [2.45, 2.75) is 11.8 Å². The number of nitrogens with two attached hydrogens (primary N) is 1. The zero-order valence-corrected chi connectivity index (χ0v) is 12.9. The Hall–Kier alpha value is -2.71. The van der Waals surface area contributed by atoms with E-state index in [1.165, 1.54) is 28.9 Å². The standard InChI is InChI=1S/C15H13N3O4S/c1-10-2-4-11(5-3-10)14-15(19)22-17-18(14)12-6-8-13(9-7-12)23(16,20)21/h2-9H,1H3,(H2-,16,17,19,20,21). The zero-order valence-electron chi connectivity index (χ0n) is 12.1. The highest BCUT2D eigenvalue weighted by atomic mass is 32.2. The summed E-state index contributed by atoms with van der Waals surface area (Å²) in [5.41, 5.74) is 2.45. The molecule has 0 amide bonds. The van der Waals surface area contributed by atoms with Crippen LogP contribution < -0.4 is 14.9 Å². The molecule has 7 nitrogen and oxygen atoms in total. The molecule has 0 radical (unpaired) electrons. The molecule has 0 saturated carbocycles. The van der Waals surface area contributed by atoms with Crippen LogP contribution in [0.3, 0.4) is 0 Å². The lowest BCUT2D eigenvalue weighted by Crippen LogP contribution is -2.34. The Morgan fingerprint density at radius 3 is 2.26 bits per heavy atom. The van der Waals surface area contributed by atoms with Crippen molar-refractivity contribution >= 4 is 10.0 Å². The molecule has 0 saturated heterocycles. The van der Waals surface area contributed by atoms with Crippen LogP contribution >= 0.6 is 0 Å². The number of rotatable bonds is 3. The van der Waals surface area contributed by atoms with E-state index >= 15 is 0 Å². The summed E-state index contributed by atoms with van der Waals surface area (Å²) in [6.45, 7) is 1.94. The van der Waals surface area contributed by atoms with E-state index in [1.54, 1.807) is 12.1 Å². The molecule has 3 aromatic rings. The SMILES string of the molecule is Cc1ccc(-c2c([O-])on[n+]2-c2ccc(S(N)(=O)=O)cc2)cc1. The predicted molar refractivity (Wildman–Crippen MR) is 79.0 cm³/mol. The van der Waals surface area contributed by atoms with E-state index in [0.717, 1.165) is 5.56 Å². The van der Waals surface area contributed by atoms with Crippen molar-refractivity contribution in [3.8, 4) is 22.9 Å². The van der Waals surface area contributed by atoms with Gasteiger partial charge in [-0.15, -0.1) is 0 Å². The molecule has 8 heteroatoms. The lowest BCUT2D eigenvalue weighted by molar-refractivity contribution is -0.660. The molecule has 3 rings (SSSR count). The van der Waals surface area contributed by atoms with E-state index in [-0.39, 0.29) is 10.6 Å². The number of sulfonamides is 1. The topological polar surface area (TPSA) is 113 Å². The Labute approximate surface area is 132 Å². The maximum Gasteiger partial charge on any atom is 0.270 e. The highest BCUT2D eigenvalue weighted by molar-refractivity contribution is 7.89. The summed E-state index contributed by atoms with van der Waals surface area (Å²) in [5, 5.41) is 20.8. The maximum atomic E-state index is 12.0. The Balaban J connectivity index is 2.10. The molecule has 0 aliphatic carbocycles. The Bertz CT molecular complexity index is 945. The van der Waals surface area contributed by atoms with Gasteiger partial charge in [0.05, 0.1) is 15.7 Å². The third-order valence-corrected chi connectivity index (χ3v) is 4.27. The Kier molecular flexibility index (Phi) is 3.63. The lowest BCUT2D eigenvalue weighted by atomic mass is 10.1. The molecule has 0 atom stereocenters. The maximum absolute atomic E-state index is 12.0. The number of aromatic nitrogens is 2. The van der Waals surface area contributed by atoms with Gasteiger partial charge in [-0.05, 0) is 35.9 Å². The minimum atomic E-state index is -3.78. The van der Waals surface area contributed by atoms with E-state index in [4.69, 9.17) is 9.66 Å². The highest BCUT2D eigenvalue weighted by Gasteiger charge is 2.22. The van der Waals surface area contributed by atoms with Crippen LogP contribution in [-0.2, 0) is 10.0 Å².